The average Bonchev–Trinajstić information content (AvgIpc) is 3.70. The van der Waals surface area contributed by atoms with Gasteiger partial charge in [0.1, 0.15) is 5.69 Å². The van der Waals surface area contributed by atoms with Crippen LogP contribution in [0.1, 0.15) is 0 Å². The first kappa shape index (κ1) is 27.7. The first-order valence-corrected chi connectivity index (χ1v) is 17.8. The van der Waals surface area contributed by atoms with E-state index in [0.717, 1.165) is 49.9 Å². The zero-order valence-electron chi connectivity index (χ0n) is 28.0. The van der Waals surface area contributed by atoms with E-state index in [1.54, 1.807) is 0 Å². The SMILES string of the molecule is c1ccc(-c2nc3c(ccc4ccccc43)nc2-n2c3cccc4c5ccc(-c6ccccc6)c6c7ccccc7n(c7cccc2c7c43)c56)cc1. The van der Waals surface area contributed by atoms with Crippen molar-refractivity contribution in [2.45, 2.75) is 0 Å². The number of fused-ring (bicyclic) bond motifs is 8. The molecular weight excluding hydrogens is 633 g/mol. The third kappa shape index (κ3) is 3.60. The molecule has 4 aromatic heterocycles. The molecule has 0 saturated carbocycles. The number of para-hydroxylation sites is 1. The van der Waals surface area contributed by atoms with Crippen LogP contribution in [0.5, 0.6) is 0 Å². The predicted molar refractivity (Wildman–Crippen MR) is 217 cm³/mol. The lowest BCUT2D eigenvalue weighted by Gasteiger charge is -2.15. The minimum Gasteiger partial charge on any atom is -0.308 e. The maximum absolute atomic E-state index is 5.51. The maximum Gasteiger partial charge on any atom is 0.165 e. The molecule has 4 heteroatoms. The largest absolute Gasteiger partial charge is 0.308 e. The van der Waals surface area contributed by atoms with Crippen molar-refractivity contribution < 1.29 is 0 Å². The van der Waals surface area contributed by atoms with Crippen LogP contribution < -0.4 is 0 Å². The predicted octanol–water partition coefficient (Wildman–Crippen LogP) is 12.4. The summed E-state index contributed by atoms with van der Waals surface area (Å²) in [5.74, 6) is 0.825. The van der Waals surface area contributed by atoms with Gasteiger partial charge in [0.05, 0.1) is 38.6 Å². The van der Waals surface area contributed by atoms with E-state index in [4.69, 9.17) is 9.97 Å². The molecule has 52 heavy (non-hydrogen) atoms. The number of nitrogens with zero attached hydrogens (tertiary/aromatic N) is 4. The summed E-state index contributed by atoms with van der Waals surface area (Å²) in [7, 11) is 0. The molecule has 0 unspecified atom stereocenters. The summed E-state index contributed by atoms with van der Waals surface area (Å²) in [5, 5.41) is 9.69. The number of hydrogen-bond donors (Lipinski definition) is 0. The molecule has 0 fully saturated rings. The molecule has 12 aromatic rings. The van der Waals surface area contributed by atoms with Gasteiger partial charge in [0.15, 0.2) is 5.82 Å². The normalized spacial score (nSPS) is 12.2. The van der Waals surface area contributed by atoms with Gasteiger partial charge >= 0.3 is 0 Å². The fourth-order valence-corrected chi connectivity index (χ4v) is 8.88. The minimum absolute atomic E-state index is 0.825. The van der Waals surface area contributed by atoms with Gasteiger partial charge in [0, 0.05) is 37.9 Å². The standard InChI is InChI=1S/C48H28N4/c1-3-13-29(14-4-1)32-26-27-35-34-20-11-22-39-43(34)44-40(51-38-21-10-9-19-36(38)42(32)47(35)51)23-12-24-41(44)52(39)48-45(31-16-5-2-6-17-31)50-46-33-18-8-7-15-30(33)25-28-37(46)49-48/h1-28H. The van der Waals surface area contributed by atoms with Gasteiger partial charge < -0.3 is 4.40 Å². The van der Waals surface area contributed by atoms with Gasteiger partial charge in [-0.1, -0.05) is 140 Å². The molecule has 0 bridgehead atoms. The monoisotopic (exact) mass is 660 g/mol. The molecular formula is C48H28N4. The van der Waals surface area contributed by atoms with Crippen LogP contribution >= 0.6 is 0 Å². The Morgan fingerprint density at radius 3 is 1.88 bits per heavy atom. The highest BCUT2D eigenvalue weighted by Gasteiger charge is 2.25. The lowest BCUT2D eigenvalue weighted by Crippen LogP contribution is -2.04. The second-order valence-electron chi connectivity index (χ2n) is 13.7. The second-order valence-corrected chi connectivity index (χ2v) is 13.7. The molecule has 0 saturated heterocycles. The van der Waals surface area contributed by atoms with Crippen LogP contribution in [-0.4, -0.2) is 18.9 Å². The van der Waals surface area contributed by atoms with E-state index in [9.17, 15) is 0 Å². The Hall–Kier alpha value is -7.04. The van der Waals surface area contributed by atoms with Crippen molar-refractivity contribution in [2.24, 2.45) is 0 Å². The zero-order chi connectivity index (χ0) is 33.9. The molecule has 240 valence electrons. The highest BCUT2D eigenvalue weighted by Crippen LogP contribution is 2.47. The van der Waals surface area contributed by atoms with E-state index in [2.05, 4.69) is 179 Å². The van der Waals surface area contributed by atoms with E-state index in [-0.39, 0.29) is 0 Å². The Labute approximate surface area is 297 Å². The summed E-state index contributed by atoms with van der Waals surface area (Å²) in [4.78, 5) is 11.0. The fraction of sp³-hybridized carbons (Fsp3) is 0. The molecule has 4 nitrogen and oxygen atoms in total. The molecule has 0 N–H and O–H groups in total. The Morgan fingerprint density at radius 2 is 1.04 bits per heavy atom. The highest BCUT2D eigenvalue weighted by atomic mass is 15.1. The Kier molecular flexibility index (Phi) is 5.47. The van der Waals surface area contributed by atoms with Gasteiger partial charge in [-0.05, 0) is 52.2 Å². The Balaban J connectivity index is 1.29. The third-order valence-electron chi connectivity index (χ3n) is 11.0. The molecule has 0 atom stereocenters. The molecule has 0 aliphatic carbocycles. The summed E-state index contributed by atoms with van der Waals surface area (Å²) < 4.78 is 4.86. The lowest BCUT2D eigenvalue weighted by atomic mass is 9.96. The van der Waals surface area contributed by atoms with Gasteiger partial charge in [0.2, 0.25) is 0 Å². The van der Waals surface area contributed by atoms with Gasteiger partial charge in [-0.15, -0.1) is 0 Å². The highest BCUT2D eigenvalue weighted by molar-refractivity contribution is 6.32. The summed E-state index contributed by atoms with van der Waals surface area (Å²) in [6, 6.07) is 61.0. The van der Waals surface area contributed by atoms with Crippen molar-refractivity contribution in [1.82, 2.24) is 18.9 Å². The molecule has 0 aliphatic rings. The van der Waals surface area contributed by atoms with Crippen molar-refractivity contribution in [3.63, 3.8) is 0 Å². The van der Waals surface area contributed by atoms with Crippen molar-refractivity contribution in [2.75, 3.05) is 0 Å². The Morgan fingerprint density at radius 1 is 0.385 bits per heavy atom. The van der Waals surface area contributed by atoms with Crippen molar-refractivity contribution >= 4 is 81.7 Å². The topological polar surface area (TPSA) is 35.1 Å². The summed E-state index contributed by atoms with van der Waals surface area (Å²) in [6.45, 7) is 0. The quantitative estimate of drug-likeness (QED) is 0.177. The second kappa shape index (κ2) is 10.3. The van der Waals surface area contributed by atoms with E-state index in [0.29, 0.717) is 0 Å². The summed E-state index contributed by atoms with van der Waals surface area (Å²) >= 11 is 0. The zero-order valence-corrected chi connectivity index (χ0v) is 28.0. The minimum atomic E-state index is 0.825. The number of rotatable bonds is 3. The van der Waals surface area contributed by atoms with E-state index in [1.807, 2.05) is 0 Å². The Bertz CT molecular complexity index is 3390. The van der Waals surface area contributed by atoms with E-state index >= 15 is 0 Å². The smallest absolute Gasteiger partial charge is 0.165 e. The van der Waals surface area contributed by atoms with Crippen molar-refractivity contribution in [1.29, 1.82) is 0 Å². The van der Waals surface area contributed by atoms with Gasteiger partial charge in [0.25, 0.3) is 0 Å². The maximum atomic E-state index is 5.51. The van der Waals surface area contributed by atoms with Crippen LogP contribution in [-0.2, 0) is 0 Å². The number of aromatic nitrogens is 4. The third-order valence-corrected chi connectivity index (χ3v) is 11.0. The van der Waals surface area contributed by atoms with Crippen molar-refractivity contribution in [3.8, 4) is 28.2 Å². The van der Waals surface area contributed by atoms with E-state index < -0.39 is 0 Å². The summed E-state index contributed by atoms with van der Waals surface area (Å²) in [5.41, 5.74) is 12.0. The first-order valence-electron chi connectivity index (χ1n) is 17.8. The van der Waals surface area contributed by atoms with Gasteiger partial charge in [-0.3, -0.25) is 4.57 Å². The van der Waals surface area contributed by atoms with Crippen LogP contribution in [0.2, 0.25) is 0 Å². The molecule has 12 rings (SSSR count). The average molecular weight is 661 g/mol. The summed E-state index contributed by atoms with van der Waals surface area (Å²) in [6.07, 6.45) is 0. The molecule has 8 aromatic carbocycles. The number of benzene rings is 8. The van der Waals surface area contributed by atoms with Crippen LogP contribution in [0.3, 0.4) is 0 Å². The molecule has 0 radical (unpaired) electrons. The van der Waals surface area contributed by atoms with E-state index in [1.165, 1.54) is 60.0 Å². The van der Waals surface area contributed by atoms with Crippen LogP contribution in [0.15, 0.2) is 170 Å². The van der Waals surface area contributed by atoms with Crippen LogP contribution in [0.25, 0.3) is 110 Å². The molecule has 0 amide bonds. The van der Waals surface area contributed by atoms with Crippen molar-refractivity contribution in [3.05, 3.63) is 170 Å². The molecule has 0 aliphatic heterocycles. The lowest BCUT2D eigenvalue weighted by molar-refractivity contribution is 1.08. The van der Waals surface area contributed by atoms with Crippen LogP contribution in [0.4, 0.5) is 0 Å². The fourth-order valence-electron chi connectivity index (χ4n) is 8.88. The van der Waals surface area contributed by atoms with Gasteiger partial charge in [-0.25, -0.2) is 9.97 Å². The number of hydrogen-bond acceptors (Lipinski definition) is 2. The molecule has 0 spiro atoms. The molecule has 4 heterocycles. The first-order chi connectivity index (χ1) is 25.8. The van der Waals surface area contributed by atoms with Crippen LogP contribution in [0, 0.1) is 0 Å². The van der Waals surface area contributed by atoms with Gasteiger partial charge in [-0.2, -0.15) is 0 Å².